The van der Waals surface area contributed by atoms with Gasteiger partial charge in [0.25, 0.3) is 5.91 Å². The van der Waals surface area contributed by atoms with Gasteiger partial charge in [0.15, 0.2) is 0 Å². The van der Waals surface area contributed by atoms with Crippen LogP contribution in [0.3, 0.4) is 0 Å². The van der Waals surface area contributed by atoms with Crippen molar-refractivity contribution in [3.05, 3.63) is 83.7 Å². The zero-order valence-corrected chi connectivity index (χ0v) is 16.7. The predicted molar refractivity (Wildman–Crippen MR) is 109 cm³/mol. The Morgan fingerprint density at radius 3 is 2.29 bits per heavy atom. The van der Waals surface area contributed by atoms with E-state index in [0.29, 0.717) is 11.1 Å². The highest BCUT2D eigenvalue weighted by Gasteiger charge is 2.16. The highest BCUT2D eigenvalue weighted by molar-refractivity contribution is 7.89. The molecular weight excluding hydrogens is 374 g/mol. The molecule has 0 bridgehead atoms. The number of amides is 1. The van der Waals surface area contributed by atoms with Gasteiger partial charge in [0.05, 0.1) is 4.90 Å². The summed E-state index contributed by atoms with van der Waals surface area (Å²) in [5.74, 6) is -0.246. The van der Waals surface area contributed by atoms with Crippen molar-refractivity contribution in [3.63, 3.8) is 0 Å². The third kappa shape index (κ3) is 4.68. The van der Waals surface area contributed by atoms with Crippen molar-refractivity contribution >= 4 is 15.9 Å². The van der Waals surface area contributed by atoms with Gasteiger partial charge in [0.2, 0.25) is 10.0 Å². The molecule has 0 fully saturated rings. The highest BCUT2D eigenvalue weighted by Crippen LogP contribution is 2.16. The Morgan fingerprint density at radius 1 is 0.964 bits per heavy atom. The summed E-state index contributed by atoms with van der Waals surface area (Å²) >= 11 is 0. The fourth-order valence-corrected chi connectivity index (χ4v) is 4.19. The first-order valence-electron chi connectivity index (χ1n) is 8.95. The number of hydrogen-bond acceptors (Lipinski definition) is 3. The van der Waals surface area contributed by atoms with E-state index in [2.05, 4.69) is 10.0 Å². The maximum Gasteiger partial charge on any atom is 0.251 e. The number of carbonyl (C=O) groups excluding carboxylic acids is 1. The van der Waals surface area contributed by atoms with Gasteiger partial charge >= 0.3 is 0 Å². The van der Waals surface area contributed by atoms with Gasteiger partial charge in [-0.1, -0.05) is 17.7 Å². The van der Waals surface area contributed by atoms with Crippen molar-refractivity contribution in [1.29, 1.82) is 0 Å². The summed E-state index contributed by atoms with van der Waals surface area (Å²) in [4.78, 5) is 12.5. The van der Waals surface area contributed by atoms with Crippen LogP contribution in [0.5, 0.6) is 0 Å². The zero-order valence-electron chi connectivity index (χ0n) is 15.8. The maximum atomic E-state index is 12.4. The summed E-state index contributed by atoms with van der Waals surface area (Å²) in [6.45, 7) is 3.99. The number of sulfonamides is 1. The average molecular weight is 398 g/mol. The van der Waals surface area contributed by atoms with Crippen molar-refractivity contribution in [2.24, 2.45) is 0 Å². The highest BCUT2D eigenvalue weighted by atomic mass is 32.2. The molecule has 3 rings (SSSR count). The van der Waals surface area contributed by atoms with Crippen LogP contribution >= 0.6 is 0 Å². The number of nitrogens with one attached hydrogen (secondary N) is 2. The minimum Gasteiger partial charge on any atom is -0.351 e. The molecule has 28 heavy (non-hydrogen) atoms. The molecule has 0 unspecified atom stereocenters. The molecule has 0 aliphatic rings. The van der Waals surface area contributed by atoms with E-state index in [0.717, 1.165) is 11.3 Å². The third-order valence-corrected chi connectivity index (χ3v) is 5.98. The minimum absolute atomic E-state index is 0.114. The Hall–Kier alpha value is -2.90. The van der Waals surface area contributed by atoms with E-state index < -0.39 is 10.0 Å². The fraction of sp³-hybridized carbons (Fsp3) is 0.190. The summed E-state index contributed by atoms with van der Waals surface area (Å²) in [6, 6.07) is 16.2. The lowest BCUT2D eigenvalue weighted by Gasteiger charge is -2.11. The average Bonchev–Trinajstić information content (AvgIpc) is 3.19. The lowest BCUT2D eigenvalue weighted by molar-refractivity contribution is 0.0954. The monoisotopic (exact) mass is 397 g/mol. The van der Waals surface area contributed by atoms with Crippen LogP contribution < -0.4 is 10.0 Å². The summed E-state index contributed by atoms with van der Waals surface area (Å²) in [6.07, 6.45) is 3.86. The van der Waals surface area contributed by atoms with Crippen molar-refractivity contribution in [3.8, 4) is 5.69 Å². The van der Waals surface area contributed by atoms with E-state index in [1.807, 2.05) is 54.2 Å². The largest absolute Gasteiger partial charge is 0.351 e. The van der Waals surface area contributed by atoms with Crippen molar-refractivity contribution in [2.45, 2.75) is 18.7 Å². The third-order valence-electron chi connectivity index (χ3n) is 4.35. The van der Waals surface area contributed by atoms with Crippen LogP contribution in [-0.2, 0) is 10.0 Å². The zero-order chi connectivity index (χ0) is 20.1. The Kier molecular flexibility index (Phi) is 5.96. The van der Waals surface area contributed by atoms with Gasteiger partial charge in [0.1, 0.15) is 0 Å². The molecule has 6 nitrogen and oxygen atoms in total. The molecule has 3 aromatic rings. The van der Waals surface area contributed by atoms with E-state index in [1.54, 1.807) is 31.2 Å². The van der Waals surface area contributed by atoms with E-state index >= 15 is 0 Å². The number of carbonyl (C=O) groups is 1. The Morgan fingerprint density at radius 2 is 1.64 bits per heavy atom. The van der Waals surface area contributed by atoms with E-state index in [-0.39, 0.29) is 23.9 Å². The van der Waals surface area contributed by atoms with Crippen LogP contribution in [-0.4, -0.2) is 32.0 Å². The van der Waals surface area contributed by atoms with Crippen LogP contribution in [0.25, 0.3) is 5.69 Å². The van der Waals surface area contributed by atoms with Gasteiger partial charge in [0, 0.05) is 36.7 Å². The minimum atomic E-state index is -3.61. The maximum absolute atomic E-state index is 12.4. The molecule has 0 saturated carbocycles. The van der Waals surface area contributed by atoms with Crippen molar-refractivity contribution < 1.29 is 13.2 Å². The Balaban J connectivity index is 1.52. The van der Waals surface area contributed by atoms with Crippen molar-refractivity contribution in [2.75, 3.05) is 13.1 Å². The summed E-state index contributed by atoms with van der Waals surface area (Å²) in [5.41, 5.74) is 3.18. The lowest BCUT2D eigenvalue weighted by Crippen LogP contribution is -2.34. The topological polar surface area (TPSA) is 80.2 Å². The van der Waals surface area contributed by atoms with Gasteiger partial charge in [-0.15, -0.1) is 0 Å². The first-order chi connectivity index (χ1) is 13.4. The van der Waals surface area contributed by atoms with Crippen molar-refractivity contribution in [1.82, 2.24) is 14.6 Å². The van der Waals surface area contributed by atoms with Gasteiger partial charge < -0.3 is 9.88 Å². The van der Waals surface area contributed by atoms with Crippen LogP contribution in [0.15, 0.2) is 71.9 Å². The number of nitrogens with zero attached hydrogens (tertiary/aromatic N) is 1. The molecule has 0 aliphatic heterocycles. The molecule has 2 N–H and O–H groups in total. The fourth-order valence-electron chi connectivity index (χ4n) is 2.93. The van der Waals surface area contributed by atoms with Crippen LogP contribution in [0.4, 0.5) is 0 Å². The second-order valence-corrected chi connectivity index (χ2v) is 8.30. The second-order valence-electron chi connectivity index (χ2n) is 6.56. The second kappa shape index (κ2) is 8.41. The molecule has 2 aromatic carbocycles. The molecule has 0 atom stereocenters. The van der Waals surface area contributed by atoms with Crippen LogP contribution in [0.2, 0.25) is 0 Å². The quantitative estimate of drug-likeness (QED) is 0.602. The molecular formula is C21H23N3O3S. The van der Waals surface area contributed by atoms with Gasteiger partial charge in [-0.3, -0.25) is 4.79 Å². The number of benzene rings is 2. The predicted octanol–water partition coefficient (Wildman–Crippen LogP) is 2.80. The molecule has 1 amide bonds. The van der Waals surface area contributed by atoms with Crippen LogP contribution in [0.1, 0.15) is 21.5 Å². The smallest absolute Gasteiger partial charge is 0.251 e. The number of hydrogen-bond donors (Lipinski definition) is 2. The summed E-state index contributed by atoms with van der Waals surface area (Å²) < 4.78 is 29.3. The summed E-state index contributed by atoms with van der Waals surface area (Å²) in [5, 5.41) is 2.73. The molecule has 146 valence electrons. The SMILES string of the molecule is Cc1ccc(S(=O)(=O)NCCNC(=O)c2ccc(-n3cccc3)cc2)c(C)c1. The number of aryl methyl sites for hydroxylation is 2. The molecule has 0 radical (unpaired) electrons. The molecule has 7 heteroatoms. The standard InChI is InChI=1S/C21H23N3O3S/c1-16-5-10-20(17(2)15-16)28(26,27)23-12-11-22-21(25)18-6-8-19(9-7-18)24-13-3-4-14-24/h3-10,13-15,23H,11-12H2,1-2H3,(H,22,25). The lowest BCUT2D eigenvalue weighted by atomic mass is 10.2. The Bertz CT molecular complexity index is 1060. The van der Waals surface area contributed by atoms with E-state index in [9.17, 15) is 13.2 Å². The Labute approximate surface area is 165 Å². The number of rotatable bonds is 7. The van der Waals surface area contributed by atoms with Gasteiger partial charge in [-0.25, -0.2) is 13.1 Å². The number of aromatic nitrogens is 1. The normalized spacial score (nSPS) is 11.4. The first kappa shape index (κ1) is 19.9. The first-order valence-corrected chi connectivity index (χ1v) is 10.4. The molecule has 0 saturated heterocycles. The molecule has 1 aromatic heterocycles. The summed E-state index contributed by atoms with van der Waals surface area (Å²) in [7, 11) is -3.61. The van der Waals surface area contributed by atoms with E-state index in [1.165, 1.54) is 0 Å². The molecule has 0 aliphatic carbocycles. The van der Waals surface area contributed by atoms with Gasteiger partial charge in [-0.05, 0) is 61.9 Å². The van der Waals surface area contributed by atoms with Crippen LogP contribution in [0, 0.1) is 13.8 Å². The molecule has 1 heterocycles. The van der Waals surface area contributed by atoms with E-state index in [4.69, 9.17) is 0 Å². The molecule has 0 spiro atoms. The van der Waals surface area contributed by atoms with Gasteiger partial charge in [-0.2, -0.15) is 0 Å².